The summed E-state index contributed by atoms with van der Waals surface area (Å²) < 4.78 is 0. The second kappa shape index (κ2) is 7.32. The minimum absolute atomic E-state index is 0.138. The van der Waals surface area contributed by atoms with E-state index in [1.54, 1.807) is 0 Å². The normalized spacial score (nSPS) is 25.6. The summed E-state index contributed by atoms with van der Waals surface area (Å²) >= 11 is 0. The standard InChI is InChI=1S/2C11H12O2/c2*1-7-4-2-3-5-8(7)9-6-10(9)11(12)13/h2*2-5,9-10H,6H2,1H3,(H,12,13)/t2*9-,10+/m10/s1. The third-order valence-electron chi connectivity index (χ3n) is 5.39. The molecule has 2 aliphatic carbocycles. The molecule has 0 saturated heterocycles. The average molecular weight is 352 g/mol. The van der Waals surface area contributed by atoms with Crippen LogP contribution < -0.4 is 0 Å². The summed E-state index contributed by atoms with van der Waals surface area (Å²) in [6.45, 7) is 4.07. The molecule has 0 spiro atoms. The largest absolute Gasteiger partial charge is 0.481 e. The number of aryl methyl sites for hydroxylation is 2. The second-order valence-corrected chi connectivity index (χ2v) is 7.29. The van der Waals surface area contributed by atoms with Crippen LogP contribution in [0, 0.1) is 25.7 Å². The number of carboxylic acids is 2. The van der Waals surface area contributed by atoms with Gasteiger partial charge in [-0.15, -0.1) is 0 Å². The smallest absolute Gasteiger partial charge is 0.307 e. The zero-order valence-corrected chi connectivity index (χ0v) is 15.1. The fraction of sp³-hybridized carbons (Fsp3) is 0.364. The Morgan fingerprint density at radius 3 is 1.35 bits per heavy atom. The lowest BCUT2D eigenvalue weighted by molar-refractivity contribution is -0.139. The maximum absolute atomic E-state index is 10.7. The van der Waals surface area contributed by atoms with Crippen LogP contribution in [0.4, 0.5) is 0 Å². The average Bonchev–Trinajstić information content (AvgIpc) is 3.49. The minimum atomic E-state index is -0.659. The van der Waals surface area contributed by atoms with Crippen molar-refractivity contribution in [1.29, 1.82) is 0 Å². The molecule has 0 radical (unpaired) electrons. The number of aliphatic carboxylic acids is 2. The number of rotatable bonds is 4. The van der Waals surface area contributed by atoms with Crippen LogP contribution >= 0.6 is 0 Å². The van der Waals surface area contributed by atoms with E-state index in [4.69, 9.17) is 10.2 Å². The lowest BCUT2D eigenvalue weighted by Gasteiger charge is -2.02. The van der Waals surface area contributed by atoms with Crippen molar-refractivity contribution in [3.05, 3.63) is 70.8 Å². The Kier molecular flexibility index (Phi) is 5.12. The molecule has 4 nitrogen and oxygen atoms in total. The van der Waals surface area contributed by atoms with Crippen LogP contribution in [0.15, 0.2) is 48.5 Å². The van der Waals surface area contributed by atoms with Crippen LogP contribution in [-0.4, -0.2) is 22.2 Å². The summed E-state index contributed by atoms with van der Waals surface area (Å²) in [5, 5.41) is 17.6. The highest BCUT2D eigenvalue weighted by Crippen LogP contribution is 2.49. The molecule has 0 unspecified atom stereocenters. The van der Waals surface area contributed by atoms with E-state index in [0.717, 1.165) is 12.8 Å². The zero-order valence-electron chi connectivity index (χ0n) is 15.1. The van der Waals surface area contributed by atoms with Gasteiger partial charge in [0, 0.05) is 0 Å². The summed E-state index contributed by atoms with van der Waals surface area (Å²) in [5.74, 6) is -1.07. The number of hydrogen-bond donors (Lipinski definition) is 2. The Balaban J connectivity index is 0.000000151. The molecule has 2 saturated carbocycles. The predicted octanol–water partition coefficient (Wildman–Crippen LogP) is 4.37. The maximum atomic E-state index is 10.7. The van der Waals surface area contributed by atoms with Gasteiger partial charge in [0.1, 0.15) is 0 Å². The number of hydrogen-bond acceptors (Lipinski definition) is 2. The van der Waals surface area contributed by atoms with Gasteiger partial charge in [-0.1, -0.05) is 48.5 Å². The molecule has 2 aromatic rings. The van der Waals surface area contributed by atoms with Crippen molar-refractivity contribution in [3.8, 4) is 0 Å². The molecule has 4 rings (SSSR count). The highest BCUT2D eigenvalue weighted by atomic mass is 16.4. The third kappa shape index (κ3) is 3.96. The molecule has 2 aliphatic rings. The molecular weight excluding hydrogens is 328 g/mol. The summed E-state index contributed by atoms with van der Waals surface area (Å²) in [6, 6.07) is 16.0. The molecule has 0 bridgehead atoms. The summed E-state index contributed by atoms with van der Waals surface area (Å²) in [4.78, 5) is 21.3. The lowest BCUT2D eigenvalue weighted by atomic mass is 10.0. The van der Waals surface area contributed by atoms with Crippen LogP contribution in [0.25, 0.3) is 0 Å². The van der Waals surface area contributed by atoms with Gasteiger partial charge in [0.2, 0.25) is 0 Å². The van der Waals surface area contributed by atoms with E-state index in [-0.39, 0.29) is 23.7 Å². The van der Waals surface area contributed by atoms with E-state index in [2.05, 4.69) is 0 Å². The van der Waals surface area contributed by atoms with E-state index >= 15 is 0 Å². The summed E-state index contributed by atoms with van der Waals surface area (Å²) in [7, 11) is 0. The van der Waals surface area contributed by atoms with Gasteiger partial charge < -0.3 is 10.2 Å². The van der Waals surface area contributed by atoms with Crippen molar-refractivity contribution in [3.63, 3.8) is 0 Å². The van der Waals surface area contributed by atoms with Crippen molar-refractivity contribution in [2.75, 3.05) is 0 Å². The van der Waals surface area contributed by atoms with Crippen LogP contribution in [0.5, 0.6) is 0 Å². The first-order valence-corrected chi connectivity index (χ1v) is 8.96. The fourth-order valence-electron chi connectivity index (χ4n) is 3.63. The van der Waals surface area contributed by atoms with E-state index in [1.165, 1.54) is 22.3 Å². The molecular formula is C22H24O4. The molecule has 0 amide bonds. The molecule has 136 valence electrons. The van der Waals surface area contributed by atoms with Gasteiger partial charge in [0.05, 0.1) is 11.8 Å². The Hall–Kier alpha value is -2.62. The predicted molar refractivity (Wildman–Crippen MR) is 99.3 cm³/mol. The van der Waals surface area contributed by atoms with Gasteiger partial charge in [-0.05, 0) is 60.8 Å². The van der Waals surface area contributed by atoms with Crippen molar-refractivity contribution in [2.24, 2.45) is 11.8 Å². The van der Waals surface area contributed by atoms with Crippen LogP contribution in [0.2, 0.25) is 0 Å². The zero-order chi connectivity index (χ0) is 18.8. The first-order chi connectivity index (χ1) is 12.4. The second-order valence-electron chi connectivity index (χ2n) is 7.29. The topological polar surface area (TPSA) is 74.6 Å². The van der Waals surface area contributed by atoms with Crippen molar-refractivity contribution < 1.29 is 19.8 Å². The SMILES string of the molecule is Cc1ccccc1[C@@H]1C[C@H]1C(=O)O.Cc1ccccc1[C@H]1C[C@@H]1C(=O)O. The van der Waals surface area contributed by atoms with Crippen LogP contribution in [0.1, 0.15) is 46.9 Å². The van der Waals surface area contributed by atoms with Gasteiger partial charge >= 0.3 is 11.9 Å². The summed E-state index contributed by atoms with van der Waals surface area (Å²) in [6.07, 6.45) is 1.61. The Morgan fingerprint density at radius 1 is 0.731 bits per heavy atom. The first kappa shape index (κ1) is 18.2. The monoisotopic (exact) mass is 352 g/mol. The third-order valence-corrected chi connectivity index (χ3v) is 5.39. The van der Waals surface area contributed by atoms with Gasteiger partial charge in [-0.3, -0.25) is 9.59 Å². The Bertz CT molecular complexity index is 757. The van der Waals surface area contributed by atoms with Gasteiger partial charge in [0.15, 0.2) is 0 Å². The van der Waals surface area contributed by atoms with E-state index < -0.39 is 11.9 Å². The molecule has 0 aliphatic heterocycles. The Morgan fingerprint density at radius 2 is 1.08 bits per heavy atom. The fourth-order valence-corrected chi connectivity index (χ4v) is 3.63. The highest BCUT2D eigenvalue weighted by Gasteiger charge is 2.45. The number of carbonyl (C=O) groups is 2. The van der Waals surface area contributed by atoms with Crippen molar-refractivity contribution in [2.45, 2.75) is 38.5 Å². The molecule has 2 fully saturated rings. The van der Waals surface area contributed by atoms with Crippen molar-refractivity contribution >= 4 is 11.9 Å². The lowest BCUT2D eigenvalue weighted by Crippen LogP contribution is -1.99. The van der Waals surface area contributed by atoms with Gasteiger partial charge in [0.25, 0.3) is 0 Å². The minimum Gasteiger partial charge on any atom is -0.481 e. The maximum Gasteiger partial charge on any atom is 0.307 e. The molecule has 4 atom stereocenters. The van der Waals surface area contributed by atoms with Crippen LogP contribution in [-0.2, 0) is 9.59 Å². The highest BCUT2D eigenvalue weighted by molar-refractivity contribution is 5.76. The molecule has 0 heterocycles. The van der Waals surface area contributed by atoms with Crippen molar-refractivity contribution in [1.82, 2.24) is 0 Å². The van der Waals surface area contributed by atoms with E-state index in [0.29, 0.717) is 0 Å². The van der Waals surface area contributed by atoms with Gasteiger partial charge in [-0.25, -0.2) is 0 Å². The Labute approximate surface area is 153 Å². The van der Waals surface area contributed by atoms with Gasteiger partial charge in [-0.2, -0.15) is 0 Å². The number of benzene rings is 2. The van der Waals surface area contributed by atoms with E-state index in [9.17, 15) is 9.59 Å². The quantitative estimate of drug-likeness (QED) is 0.857. The number of carboxylic acid groups (broad SMARTS) is 2. The first-order valence-electron chi connectivity index (χ1n) is 8.96. The molecule has 2 aromatic carbocycles. The summed E-state index contributed by atoms with van der Waals surface area (Å²) in [5.41, 5.74) is 4.82. The van der Waals surface area contributed by atoms with E-state index in [1.807, 2.05) is 62.4 Å². The molecule has 4 heteroatoms. The molecule has 0 aromatic heterocycles. The molecule has 26 heavy (non-hydrogen) atoms. The molecule has 2 N–H and O–H groups in total. The van der Waals surface area contributed by atoms with Crippen LogP contribution in [0.3, 0.4) is 0 Å².